The van der Waals surface area contributed by atoms with Crippen molar-refractivity contribution in [3.8, 4) is 5.75 Å². The zero-order chi connectivity index (χ0) is 27.6. The van der Waals surface area contributed by atoms with E-state index in [1.54, 1.807) is 35.2 Å². The highest BCUT2D eigenvalue weighted by Crippen LogP contribution is 2.32. The molecule has 1 aliphatic rings. The molecular weight excluding hydrogens is 553 g/mol. The van der Waals surface area contributed by atoms with Gasteiger partial charge in [0.1, 0.15) is 11.0 Å². The SMILES string of the molecule is CCCCCCOc1ccc(NC(=O)C2CC(=O)N(Cc3ccc(Cl)cc3)C(=Nc3cccc(Cl)c3)S2)cc1. The minimum Gasteiger partial charge on any atom is -0.494 e. The summed E-state index contributed by atoms with van der Waals surface area (Å²) in [5.41, 5.74) is 2.15. The fourth-order valence-corrected chi connectivity index (χ4v) is 5.41. The molecule has 1 fully saturated rings. The molecule has 0 aromatic heterocycles. The first-order valence-corrected chi connectivity index (χ1v) is 14.6. The summed E-state index contributed by atoms with van der Waals surface area (Å²) in [5.74, 6) is 0.323. The van der Waals surface area contributed by atoms with Crippen LogP contribution in [0.2, 0.25) is 10.0 Å². The molecule has 1 atom stereocenters. The monoisotopic (exact) mass is 583 g/mol. The lowest BCUT2D eigenvalue weighted by Crippen LogP contribution is -2.44. The molecule has 0 aliphatic carbocycles. The van der Waals surface area contributed by atoms with Crippen molar-refractivity contribution in [2.45, 2.75) is 50.8 Å². The number of halogens is 2. The zero-order valence-electron chi connectivity index (χ0n) is 21.7. The Bertz CT molecular complexity index is 1300. The lowest BCUT2D eigenvalue weighted by Gasteiger charge is -2.32. The number of aliphatic imine (C=N–C) groups is 1. The Balaban J connectivity index is 1.45. The van der Waals surface area contributed by atoms with E-state index in [2.05, 4.69) is 12.2 Å². The zero-order valence-corrected chi connectivity index (χ0v) is 24.1. The van der Waals surface area contributed by atoms with Crippen LogP contribution in [0.1, 0.15) is 44.6 Å². The van der Waals surface area contributed by atoms with Gasteiger partial charge in [-0.1, -0.05) is 79.3 Å². The summed E-state index contributed by atoms with van der Waals surface area (Å²) < 4.78 is 5.79. The van der Waals surface area contributed by atoms with Gasteiger partial charge in [-0.25, -0.2) is 4.99 Å². The van der Waals surface area contributed by atoms with Gasteiger partial charge in [0.25, 0.3) is 0 Å². The van der Waals surface area contributed by atoms with Gasteiger partial charge in [-0.15, -0.1) is 0 Å². The third-order valence-electron chi connectivity index (χ3n) is 6.11. The van der Waals surface area contributed by atoms with Gasteiger partial charge in [0, 0.05) is 22.2 Å². The van der Waals surface area contributed by atoms with Gasteiger partial charge < -0.3 is 10.1 Å². The largest absolute Gasteiger partial charge is 0.494 e. The number of benzene rings is 3. The van der Waals surface area contributed by atoms with Crippen molar-refractivity contribution in [3.05, 3.63) is 88.4 Å². The van der Waals surface area contributed by atoms with Gasteiger partial charge >= 0.3 is 0 Å². The minimum absolute atomic E-state index is 0.0532. The summed E-state index contributed by atoms with van der Waals surface area (Å²) in [6.45, 7) is 3.17. The molecule has 2 amide bonds. The van der Waals surface area contributed by atoms with Crippen LogP contribution < -0.4 is 10.1 Å². The molecule has 1 N–H and O–H groups in total. The Morgan fingerprint density at radius 2 is 1.79 bits per heavy atom. The first kappa shape index (κ1) is 29.0. The smallest absolute Gasteiger partial charge is 0.238 e. The summed E-state index contributed by atoms with van der Waals surface area (Å²) >= 11 is 13.5. The highest BCUT2D eigenvalue weighted by molar-refractivity contribution is 8.15. The van der Waals surface area contributed by atoms with Crippen LogP contribution in [0.15, 0.2) is 77.8 Å². The molecule has 0 radical (unpaired) electrons. The molecule has 0 bridgehead atoms. The van der Waals surface area contributed by atoms with Gasteiger partial charge in [-0.05, 0) is 66.6 Å². The molecule has 3 aromatic rings. The van der Waals surface area contributed by atoms with Gasteiger partial charge in [-0.2, -0.15) is 0 Å². The normalized spacial score (nSPS) is 16.4. The van der Waals surface area contributed by atoms with E-state index < -0.39 is 5.25 Å². The molecule has 1 aliphatic heterocycles. The number of nitrogens with zero attached hydrogens (tertiary/aromatic N) is 2. The lowest BCUT2D eigenvalue weighted by atomic mass is 10.2. The molecule has 39 heavy (non-hydrogen) atoms. The number of nitrogens with one attached hydrogen (secondary N) is 1. The molecule has 0 spiro atoms. The number of hydrogen-bond donors (Lipinski definition) is 1. The Kier molecular flexibility index (Phi) is 10.7. The topological polar surface area (TPSA) is 71.0 Å². The molecule has 1 heterocycles. The average molecular weight is 585 g/mol. The molecule has 204 valence electrons. The molecular formula is C30H31Cl2N3O3S. The van der Waals surface area contributed by atoms with E-state index in [0.29, 0.717) is 39.7 Å². The number of amides is 2. The van der Waals surface area contributed by atoms with E-state index in [9.17, 15) is 9.59 Å². The molecule has 9 heteroatoms. The van der Waals surface area contributed by atoms with Crippen LogP contribution in [0.25, 0.3) is 0 Å². The molecule has 1 saturated heterocycles. The maximum Gasteiger partial charge on any atom is 0.238 e. The summed E-state index contributed by atoms with van der Waals surface area (Å²) in [5, 5.41) is 3.90. The number of hydrogen-bond acceptors (Lipinski definition) is 5. The number of carbonyl (C=O) groups is 2. The van der Waals surface area contributed by atoms with Crippen LogP contribution in [0.5, 0.6) is 5.75 Å². The van der Waals surface area contributed by atoms with Crippen molar-refractivity contribution in [1.29, 1.82) is 0 Å². The standard InChI is InChI=1S/C30H31Cl2N3O3S/c1-2-3-4-5-17-38-26-15-13-24(14-16-26)33-29(37)27-19-28(36)35(20-21-9-11-22(31)12-10-21)30(39-27)34-25-8-6-7-23(32)18-25/h6-16,18,27H,2-5,17,19-20H2,1H3,(H,33,37). The van der Waals surface area contributed by atoms with Crippen molar-refractivity contribution < 1.29 is 14.3 Å². The fraction of sp³-hybridized carbons (Fsp3) is 0.300. The van der Waals surface area contributed by atoms with E-state index in [1.165, 1.54) is 24.6 Å². The molecule has 6 nitrogen and oxygen atoms in total. The number of ether oxygens (including phenoxy) is 1. The predicted octanol–water partition coefficient (Wildman–Crippen LogP) is 8.11. The van der Waals surface area contributed by atoms with Crippen molar-refractivity contribution in [1.82, 2.24) is 4.90 Å². The quantitative estimate of drug-likeness (QED) is 0.231. The maximum absolute atomic E-state index is 13.3. The van der Waals surface area contributed by atoms with Crippen LogP contribution in [-0.2, 0) is 16.1 Å². The van der Waals surface area contributed by atoms with E-state index in [4.69, 9.17) is 32.9 Å². The fourth-order valence-electron chi connectivity index (χ4n) is 4.00. The predicted molar refractivity (Wildman–Crippen MR) is 161 cm³/mol. The summed E-state index contributed by atoms with van der Waals surface area (Å²) in [7, 11) is 0. The Hall–Kier alpha value is -3.00. The van der Waals surface area contributed by atoms with Crippen LogP contribution in [0.3, 0.4) is 0 Å². The highest BCUT2D eigenvalue weighted by atomic mass is 35.5. The number of anilines is 1. The molecule has 0 saturated carbocycles. The second kappa shape index (κ2) is 14.4. The minimum atomic E-state index is -0.633. The van der Waals surface area contributed by atoms with Crippen molar-refractivity contribution in [2.24, 2.45) is 4.99 Å². The number of carbonyl (C=O) groups excluding carboxylic acids is 2. The Morgan fingerprint density at radius 1 is 1.03 bits per heavy atom. The van der Waals surface area contributed by atoms with Crippen molar-refractivity contribution in [2.75, 3.05) is 11.9 Å². The third-order valence-corrected chi connectivity index (χ3v) is 7.78. The Labute approximate surface area is 243 Å². The van der Waals surface area contributed by atoms with Crippen LogP contribution >= 0.6 is 35.0 Å². The van der Waals surface area contributed by atoms with Gasteiger partial charge in [0.05, 0.1) is 18.8 Å². The van der Waals surface area contributed by atoms with E-state index in [-0.39, 0.29) is 18.2 Å². The van der Waals surface area contributed by atoms with Crippen LogP contribution in [-0.4, -0.2) is 33.7 Å². The average Bonchev–Trinajstić information content (AvgIpc) is 2.92. The van der Waals surface area contributed by atoms with Gasteiger partial charge in [0.15, 0.2) is 5.17 Å². The summed E-state index contributed by atoms with van der Waals surface area (Å²) in [6, 6.07) is 21.7. The van der Waals surface area contributed by atoms with Crippen molar-refractivity contribution in [3.63, 3.8) is 0 Å². The number of rotatable bonds is 11. The van der Waals surface area contributed by atoms with Crippen LogP contribution in [0.4, 0.5) is 11.4 Å². The summed E-state index contributed by atoms with van der Waals surface area (Å²) in [4.78, 5) is 32.8. The summed E-state index contributed by atoms with van der Waals surface area (Å²) in [6.07, 6.45) is 4.63. The maximum atomic E-state index is 13.3. The van der Waals surface area contributed by atoms with E-state index in [1.807, 2.05) is 42.5 Å². The molecule has 3 aromatic carbocycles. The van der Waals surface area contributed by atoms with E-state index in [0.717, 1.165) is 24.2 Å². The second-order valence-electron chi connectivity index (χ2n) is 9.21. The molecule has 4 rings (SSSR count). The first-order valence-electron chi connectivity index (χ1n) is 13.0. The number of thioether (sulfide) groups is 1. The lowest BCUT2D eigenvalue weighted by molar-refractivity contribution is -0.129. The van der Waals surface area contributed by atoms with Crippen LogP contribution in [0, 0.1) is 0 Å². The first-order chi connectivity index (χ1) is 18.9. The van der Waals surface area contributed by atoms with E-state index >= 15 is 0 Å². The number of amidine groups is 1. The van der Waals surface area contributed by atoms with Crippen molar-refractivity contribution >= 4 is 63.3 Å². The molecule has 1 unspecified atom stereocenters. The highest BCUT2D eigenvalue weighted by Gasteiger charge is 2.36. The van der Waals surface area contributed by atoms with Gasteiger partial charge in [0.2, 0.25) is 11.8 Å². The number of unbranched alkanes of at least 4 members (excludes halogenated alkanes) is 3. The third kappa shape index (κ3) is 8.75. The Morgan fingerprint density at radius 3 is 2.51 bits per heavy atom. The van der Waals surface area contributed by atoms with Gasteiger partial charge in [-0.3, -0.25) is 14.5 Å². The second-order valence-corrected chi connectivity index (χ2v) is 11.3.